The van der Waals surface area contributed by atoms with Crippen molar-refractivity contribution in [1.82, 2.24) is 0 Å². The molecule has 0 aromatic heterocycles. The van der Waals surface area contributed by atoms with Crippen LogP contribution in [-0.2, 0) is 0 Å². The number of unbranched alkanes of at least 4 members (excludes halogenated alkanes) is 2. The minimum Gasteiger partial charge on any atom is -0.0654 e. The molecule has 0 unspecified atom stereocenters. The minimum atomic E-state index is 0.798. The van der Waals surface area contributed by atoms with Gasteiger partial charge in [0, 0.05) is 0 Å². The van der Waals surface area contributed by atoms with Crippen LogP contribution in [0, 0.1) is 34.5 Å². The number of hydrogen-bond donors (Lipinski definition) is 0. The van der Waals surface area contributed by atoms with Gasteiger partial charge in [-0.2, -0.15) is 0 Å². The first kappa shape index (κ1) is 20.3. The van der Waals surface area contributed by atoms with Crippen molar-refractivity contribution in [1.29, 1.82) is 0 Å². The molecule has 5 rings (SSSR count). The lowest BCUT2D eigenvalue weighted by Gasteiger charge is -2.58. The van der Waals surface area contributed by atoms with Crippen molar-refractivity contribution >= 4 is 0 Å². The highest BCUT2D eigenvalue weighted by Gasteiger charge is 2.51. The summed E-state index contributed by atoms with van der Waals surface area (Å²) < 4.78 is 0. The molecule has 5 aliphatic carbocycles. The Balaban J connectivity index is 1.25. The highest BCUT2D eigenvalue weighted by molar-refractivity contribution is 5.03. The molecule has 0 N–H and O–H groups in total. The molecule has 0 aliphatic heterocycles. The molecule has 0 aromatic carbocycles. The average molecular weight is 373 g/mol. The molecular weight excluding hydrogens is 324 g/mol. The van der Waals surface area contributed by atoms with Crippen LogP contribution in [0.3, 0.4) is 0 Å². The maximum Gasteiger partial charge on any atom is -0.0269 e. The molecule has 0 amide bonds. The third-order valence-electron chi connectivity index (χ3n) is 10.5. The molecule has 0 spiro atoms. The Morgan fingerprint density at radius 3 is 1.70 bits per heavy atom. The van der Waals surface area contributed by atoms with E-state index in [1.807, 2.05) is 0 Å². The van der Waals surface area contributed by atoms with Gasteiger partial charge in [0.1, 0.15) is 0 Å². The molecule has 0 heteroatoms. The molecule has 0 radical (unpaired) electrons. The Labute approximate surface area is 170 Å². The smallest absolute Gasteiger partial charge is 0.0269 e. The lowest BCUT2D eigenvalue weighted by Crippen LogP contribution is -2.46. The fourth-order valence-corrected chi connectivity index (χ4v) is 8.30. The van der Waals surface area contributed by atoms with Crippen LogP contribution in [0.4, 0.5) is 0 Å². The van der Waals surface area contributed by atoms with Gasteiger partial charge in [-0.1, -0.05) is 52.4 Å². The van der Waals surface area contributed by atoms with Gasteiger partial charge in [-0.3, -0.25) is 0 Å². The van der Waals surface area contributed by atoms with Crippen molar-refractivity contribution in [3.05, 3.63) is 0 Å². The van der Waals surface area contributed by atoms with E-state index in [0.29, 0.717) is 0 Å². The Bertz CT molecular complexity index is 422. The molecule has 0 saturated heterocycles. The van der Waals surface area contributed by atoms with Crippen molar-refractivity contribution in [2.24, 2.45) is 34.5 Å². The SMILES string of the molecule is CCCCCC12CCC([C@H]3CC[C@H]([C@H]4CC[C@H](CC)CC4)CC3)(CC1)CC2. The van der Waals surface area contributed by atoms with E-state index in [0.717, 1.165) is 34.5 Å². The highest BCUT2D eigenvalue weighted by atomic mass is 14.6. The number of hydrogen-bond acceptors (Lipinski definition) is 0. The highest BCUT2D eigenvalue weighted by Crippen LogP contribution is 2.63. The molecule has 2 bridgehead atoms. The lowest BCUT2D eigenvalue weighted by atomic mass is 9.47. The third kappa shape index (κ3) is 4.30. The van der Waals surface area contributed by atoms with Crippen molar-refractivity contribution in [2.75, 3.05) is 0 Å². The monoisotopic (exact) mass is 372 g/mol. The standard InChI is InChI=1S/C27H48/c1-3-5-6-15-26-16-19-27(20-17-26,21-18-26)25-13-11-24(12-14-25)23-9-7-22(4-2)8-10-23/h22-25H,3-21H2,1-2H3/t22-,23-,24-,25-,26?,27?. The van der Waals surface area contributed by atoms with Crippen molar-refractivity contribution in [3.8, 4) is 0 Å². The van der Waals surface area contributed by atoms with Gasteiger partial charge in [0.05, 0.1) is 0 Å². The van der Waals surface area contributed by atoms with Gasteiger partial charge in [-0.15, -0.1) is 0 Å². The van der Waals surface area contributed by atoms with Gasteiger partial charge in [0.15, 0.2) is 0 Å². The Kier molecular flexibility index (Phi) is 6.60. The summed E-state index contributed by atoms with van der Waals surface area (Å²) in [6, 6.07) is 0. The molecule has 0 atom stereocenters. The fourth-order valence-electron chi connectivity index (χ4n) is 8.30. The quantitative estimate of drug-likeness (QED) is 0.391. The van der Waals surface area contributed by atoms with E-state index >= 15 is 0 Å². The largest absolute Gasteiger partial charge is 0.0654 e. The third-order valence-corrected chi connectivity index (χ3v) is 10.5. The van der Waals surface area contributed by atoms with Crippen LogP contribution >= 0.6 is 0 Å². The van der Waals surface area contributed by atoms with E-state index in [2.05, 4.69) is 13.8 Å². The van der Waals surface area contributed by atoms with Crippen LogP contribution in [0.25, 0.3) is 0 Å². The van der Waals surface area contributed by atoms with Crippen LogP contribution in [0.5, 0.6) is 0 Å². The van der Waals surface area contributed by atoms with E-state index < -0.39 is 0 Å². The van der Waals surface area contributed by atoms with E-state index in [1.165, 1.54) is 25.7 Å². The van der Waals surface area contributed by atoms with Crippen LogP contribution in [0.1, 0.15) is 136 Å². The summed E-state index contributed by atoms with van der Waals surface area (Å²) in [5.74, 6) is 4.39. The summed E-state index contributed by atoms with van der Waals surface area (Å²) >= 11 is 0. The first-order valence-corrected chi connectivity index (χ1v) is 13.2. The zero-order valence-electron chi connectivity index (χ0n) is 18.7. The summed E-state index contributed by atoms with van der Waals surface area (Å²) in [5.41, 5.74) is 1.60. The summed E-state index contributed by atoms with van der Waals surface area (Å²) in [6.45, 7) is 4.76. The van der Waals surface area contributed by atoms with Gasteiger partial charge in [0.2, 0.25) is 0 Å². The Hall–Kier alpha value is 0. The molecular formula is C27H48. The lowest BCUT2D eigenvalue weighted by molar-refractivity contribution is -0.0679. The Morgan fingerprint density at radius 1 is 0.630 bits per heavy atom. The zero-order chi connectivity index (χ0) is 18.7. The first-order chi connectivity index (χ1) is 13.2. The summed E-state index contributed by atoms with van der Waals surface area (Å²) in [5, 5.41) is 0. The van der Waals surface area contributed by atoms with Crippen molar-refractivity contribution in [2.45, 2.75) is 136 Å². The predicted molar refractivity (Wildman–Crippen MR) is 118 cm³/mol. The molecule has 0 heterocycles. The summed E-state index contributed by atoms with van der Waals surface area (Å²) in [4.78, 5) is 0. The maximum atomic E-state index is 2.41. The molecule has 5 fully saturated rings. The predicted octanol–water partition coefficient (Wildman–Crippen LogP) is 8.93. The second kappa shape index (κ2) is 8.79. The number of fused-ring (bicyclic) bond motifs is 3. The minimum absolute atomic E-state index is 0.798. The van der Waals surface area contributed by atoms with Crippen LogP contribution < -0.4 is 0 Å². The zero-order valence-corrected chi connectivity index (χ0v) is 18.7. The Morgan fingerprint density at radius 2 is 1.19 bits per heavy atom. The topological polar surface area (TPSA) is 0 Å². The second-order valence-corrected chi connectivity index (χ2v) is 11.6. The summed E-state index contributed by atoms with van der Waals surface area (Å²) in [7, 11) is 0. The van der Waals surface area contributed by atoms with Crippen molar-refractivity contribution < 1.29 is 0 Å². The van der Waals surface area contributed by atoms with E-state index in [4.69, 9.17) is 0 Å². The molecule has 0 nitrogen and oxygen atoms in total. The van der Waals surface area contributed by atoms with E-state index in [9.17, 15) is 0 Å². The maximum absolute atomic E-state index is 2.41. The van der Waals surface area contributed by atoms with Gasteiger partial charge >= 0.3 is 0 Å². The van der Waals surface area contributed by atoms with Gasteiger partial charge < -0.3 is 0 Å². The van der Waals surface area contributed by atoms with Gasteiger partial charge in [-0.25, -0.2) is 0 Å². The molecule has 27 heavy (non-hydrogen) atoms. The summed E-state index contributed by atoms with van der Waals surface area (Å²) in [6.07, 6.45) is 29.6. The van der Waals surface area contributed by atoms with Gasteiger partial charge in [-0.05, 0) is 118 Å². The molecule has 156 valence electrons. The van der Waals surface area contributed by atoms with Gasteiger partial charge in [0.25, 0.3) is 0 Å². The molecule has 5 aliphatic rings. The van der Waals surface area contributed by atoms with Crippen molar-refractivity contribution in [3.63, 3.8) is 0 Å². The first-order valence-electron chi connectivity index (χ1n) is 13.2. The van der Waals surface area contributed by atoms with Crippen LogP contribution in [0.2, 0.25) is 0 Å². The molecule has 0 aromatic rings. The van der Waals surface area contributed by atoms with E-state index in [-0.39, 0.29) is 0 Å². The second-order valence-electron chi connectivity index (χ2n) is 11.6. The normalized spacial score (nSPS) is 45.1. The van der Waals surface area contributed by atoms with Crippen LogP contribution in [0.15, 0.2) is 0 Å². The fraction of sp³-hybridized carbons (Fsp3) is 1.00. The van der Waals surface area contributed by atoms with Crippen LogP contribution in [-0.4, -0.2) is 0 Å². The average Bonchev–Trinajstić information content (AvgIpc) is 2.75. The number of rotatable bonds is 7. The van der Waals surface area contributed by atoms with E-state index in [1.54, 1.807) is 96.3 Å². The molecule has 5 saturated carbocycles.